The van der Waals surface area contributed by atoms with E-state index in [9.17, 15) is 4.79 Å². The van der Waals surface area contributed by atoms with E-state index >= 15 is 0 Å². The van der Waals surface area contributed by atoms with Crippen LogP contribution in [-0.4, -0.2) is 61.0 Å². The van der Waals surface area contributed by atoms with Gasteiger partial charge in [-0.1, -0.05) is 17.7 Å². The van der Waals surface area contributed by atoms with Crippen LogP contribution in [0.1, 0.15) is 21.5 Å². The predicted molar refractivity (Wildman–Crippen MR) is 80.1 cm³/mol. The van der Waals surface area contributed by atoms with Gasteiger partial charge in [-0.25, -0.2) is 0 Å². The van der Waals surface area contributed by atoms with Crippen LogP contribution in [0.5, 0.6) is 0 Å². The molecule has 1 amide bonds. The van der Waals surface area contributed by atoms with Crippen LogP contribution in [-0.2, 0) is 0 Å². The molecule has 0 spiro atoms. The Balaban J connectivity index is 1.63. The van der Waals surface area contributed by atoms with Gasteiger partial charge in [-0.2, -0.15) is 0 Å². The van der Waals surface area contributed by atoms with Crippen LogP contribution in [0.4, 0.5) is 0 Å². The lowest BCUT2D eigenvalue weighted by atomic mass is 10.0. The number of hydrogen-bond donors (Lipinski definition) is 1. The van der Waals surface area contributed by atoms with Crippen LogP contribution < -0.4 is 5.32 Å². The number of aryl methyl sites for hydroxylation is 2. The van der Waals surface area contributed by atoms with Crippen molar-refractivity contribution in [3.05, 3.63) is 34.9 Å². The van der Waals surface area contributed by atoms with E-state index in [4.69, 9.17) is 0 Å². The molecule has 1 aromatic rings. The third-order valence-electron chi connectivity index (χ3n) is 4.49. The molecule has 1 N–H and O–H groups in total. The van der Waals surface area contributed by atoms with E-state index in [0.29, 0.717) is 6.04 Å². The minimum atomic E-state index is 0.189. The molecule has 3 rings (SSSR count). The Morgan fingerprint density at radius 1 is 1.15 bits per heavy atom. The molecule has 0 aliphatic carbocycles. The highest BCUT2D eigenvalue weighted by atomic mass is 16.2. The molecular formula is C16H23N3O. The molecule has 1 aromatic carbocycles. The van der Waals surface area contributed by atoms with Crippen molar-refractivity contribution in [1.29, 1.82) is 0 Å². The lowest BCUT2D eigenvalue weighted by molar-refractivity contribution is 0.0501. The second kappa shape index (κ2) is 5.54. The number of benzene rings is 1. The highest BCUT2D eigenvalue weighted by Crippen LogP contribution is 2.16. The highest BCUT2D eigenvalue weighted by molar-refractivity contribution is 5.95. The Kier molecular flexibility index (Phi) is 3.76. The molecule has 2 aliphatic heterocycles. The van der Waals surface area contributed by atoms with E-state index in [1.165, 1.54) is 5.56 Å². The average Bonchev–Trinajstić information content (AvgIpc) is 2.37. The summed E-state index contributed by atoms with van der Waals surface area (Å²) in [6.07, 6.45) is 0. The van der Waals surface area contributed by atoms with Crippen molar-refractivity contribution in [2.24, 2.45) is 0 Å². The van der Waals surface area contributed by atoms with Crippen molar-refractivity contribution in [1.82, 2.24) is 15.1 Å². The number of nitrogens with one attached hydrogen (secondary N) is 1. The minimum absolute atomic E-state index is 0.189. The first-order valence-electron chi connectivity index (χ1n) is 7.46. The molecule has 0 atom stereocenters. The lowest BCUT2D eigenvalue weighted by Gasteiger charge is -2.43. The van der Waals surface area contributed by atoms with Crippen LogP contribution in [0.25, 0.3) is 0 Å². The second-order valence-electron chi connectivity index (χ2n) is 5.96. The molecule has 20 heavy (non-hydrogen) atoms. The predicted octanol–water partition coefficient (Wildman–Crippen LogP) is 1.03. The normalized spacial score (nSPS) is 20.8. The van der Waals surface area contributed by atoms with Crippen molar-refractivity contribution in [3.63, 3.8) is 0 Å². The largest absolute Gasteiger partial charge is 0.336 e. The molecule has 108 valence electrons. The minimum Gasteiger partial charge on any atom is -0.336 e. The van der Waals surface area contributed by atoms with Crippen LogP contribution in [0, 0.1) is 13.8 Å². The zero-order valence-electron chi connectivity index (χ0n) is 12.4. The summed E-state index contributed by atoms with van der Waals surface area (Å²) in [4.78, 5) is 17.1. The van der Waals surface area contributed by atoms with Crippen LogP contribution in [0.3, 0.4) is 0 Å². The molecule has 0 unspecified atom stereocenters. The first-order valence-corrected chi connectivity index (χ1v) is 7.46. The molecule has 0 saturated carbocycles. The summed E-state index contributed by atoms with van der Waals surface area (Å²) in [5, 5.41) is 3.31. The van der Waals surface area contributed by atoms with Gasteiger partial charge in [0.15, 0.2) is 0 Å². The van der Waals surface area contributed by atoms with Gasteiger partial charge in [0.05, 0.1) is 0 Å². The summed E-state index contributed by atoms with van der Waals surface area (Å²) in [7, 11) is 0. The van der Waals surface area contributed by atoms with Crippen molar-refractivity contribution in [3.8, 4) is 0 Å². The maximum Gasteiger partial charge on any atom is 0.254 e. The summed E-state index contributed by atoms with van der Waals surface area (Å²) in [5.74, 6) is 0.189. The Morgan fingerprint density at radius 3 is 2.40 bits per heavy atom. The van der Waals surface area contributed by atoms with E-state index in [1.54, 1.807) is 0 Å². The zero-order chi connectivity index (χ0) is 14.1. The van der Waals surface area contributed by atoms with Crippen LogP contribution >= 0.6 is 0 Å². The first-order chi connectivity index (χ1) is 9.65. The maximum absolute atomic E-state index is 12.6. The van der Waals surface area contributed by atoms with Crippen molar-refractivity contribution in [2.45, 2.75) is 19.9 Å². The summed E-state index contributed by atoms with van der Waals surface area (Å²) in [5.41, 5.74) is 3.15. The number of rotatable bonds is 2. The van der Waals surface area contributed by atoms with Gasteiger partial charge in [0.25, 0.3) is 5.91 Å². The molecule has 0 radical (unpaired) electrons. The molecule has 4 nitrogen and oxygen atoms in total. The molecule has 0 bridgehead atoms. The summed E-state index contributed by atoms with van der Waals surface area (Å²) < 4.78 is 0. The molecule has 0 aromatic heterocycles. The van der Waals surface area contributed by atoms with E-state index in [1.807, 2.05) is 24.0 Å². The fourth-order valence-corrected chi connectivity index (χ4v) is 3.05. The fourth-order valence-electron chi connectivity index (χ4n) is 3.05. The zero-order valence-corrected chi connectivity index (χ0v) is 12.4. The van der Waals surface area contributed by atoms with Gasteiger partial charge in [-0.05, 0) is 25.5 Å². The average molecular weight is 273 g/mol. The number of carbonyl (C=O) groups is 1. The van der Waals surface area contributed by atoms with Crippen LogP contribution in [0.2, 0.25) is 0 Å². The Bertz CT molecular complexity index is 502. The smallest absolute Gasteiger partial charge is 0.254 e. The number of carbonyl (C=O) groups excluding carboxylic acids is 1. The van der Waals surface area contributed by atoms with E-state index in [0.717, 1.165) is 50.4 Å². The van der Waals surface area contributed by atoms with Gasteiger partial charge in [0.2, 0.25) is 0 Å². The lowest BCUT2D eigenvalue weighted by Crippen LogP contribution is -2.62. The SMILES string of the molecule is Cc1ccc(C(=O)N2CCN(C3CNC3)CC2)c(C)c1. The Labute approximate surface area is 120 Å². The maximum atomic E-state index is 12.6. The quantitative estimate of drug-likeness (QED) is 0.874. The number of piperazine rings is 1. The molecule has 2 heterocycles. The van der Waals surface area contributed by atoms with E-state index < -0.39 is 0 Å². The van der Waals surface area contributed by atoms with Gasteiger partial charge >= 0.3 is 0 Å². The standard InChI is InChI=1S/C16H23N3O/c1-12-3-4-15(13(2)9-12)16(20)19-7-5-18(6-8-19)14-10-17-11-14/h3-4,9,14,17H,5-8,10-11H2,1-2H3. The van der Waals surface area contributed by atoms with Crippen molar-refractivity contribution < 1.29 is 4.79 Å². The van der Waals surface area contributed by atoms with Gasteiger partial charge in [-0.15, -0.1) is 0 Å². The van der Waals surface area contributed by atoms with Crippen molar-refractivity contribution in [2.75, 3.05) is 39.3 Å². The third-order valence-corrected chi connectivity index (χ3v) is 4.49. The highest BCUT2D eigenvalue weighted by Gasteiger charge is 2.29. The van der Waals surface area contributed by atoms with E-state index in [2.05, 4.69) is 23.2 Å². The summed E-state index contributed by atoms with van der Waals surface area (Å²) >= 11 is 0. The van der Waals surface area contributed by atoms with Crippen LogP contribution in [0.15, 0.2) is 18.2 Å². The summed E-state index contributed by atoms with van der Waals surface area (Å²) in [6, 6.07) is 6.77. The molecule has 4 heteroatoms. The second-order valence-corrected chi connectivity index (χ2v) is 5.96. The monoisotopic (exact) mass is 273 g/mol. The third kappa shape index (κ3) is 2.58. The Morgan fingerprint density at radius 2 is 1.85 bits per heavy atom. The van der Waals surface area contributed by atoms with Crippen molar-refractivity contribution >= 4 is 5.91 Å². The number of hydrogen-bond acceptors (Lipinski definition) is 3. The molecule has 2 fully saturated rings. The van der Waals surface area contributed by atoms with Gasteiger partial charge in [-0.3, -0.25) is 9.69 Å². The van der Waals surface area contributed by atoms with E-state index in [-0.39, 0.29) is 5.91 Å². The van der Waals surface area contributed by atoms with Gasteiger partial charge in [0, 0.05) is 50.9 Å². The summed E-state index contributed by atoms with van der Waals surface area (Å²) in [6.45, 7) is 10.00. The van der Waals surface area contributed by atoms with Gasteiger partial charge in [0.1, 0.15) is 0 Å². The molecule has 2 saturated heterocycles. The van der Waals surface area contributed by atoms with Gasteiger partial charge < -0.3 is 10.2 Å². The fraction of sp³-hybridized carbons (Fsp3) is 0.562. The molecular weight excluding hydrogens is 250 g/mol. The molecule has 2 aliphatic rings. The number of amides is 1. The Hall–Kier alpha value is -1.39. The topological polar surface area (TPSA) is 35.6 Å². The number of nitrogens with zero attached hydrogens (tertiary/aromatic N) is 2. The first kappa shape index (κ1) is 13.6.